The molecule has 0 aliphatic carbocycles. The molecule has 132 valence electrons. The van der Waals surface area contributed by atoms with Crippen LogP contribution in [0, 0.1) is 6.92 Å². The minimum absolute atomic E-state index is 0.207. The van der Waals surface area contributed by atoms with Gasteiger partial charge in [-0.15, -0.1) is 11.3 Å². The van der Waals surface area contributed by atoms with Crippen molar-refractivity contribution < 1.29 is 9.53 Å². The fourth-order valence-electron chi connectivity index (χ4n) is 2.28. The van der Waals surface area contributed by atoms with E-state index < -0.39 is 0 Å². The third kappa shape index (κ3) is 5.03. The molecular weight excluding hydrogens is 412 g/mol. The van der Waals surface area contributed by atoms with Crippen molar-refractivity contribution in [3.63, 3.8) is 0 Å². The number of carbonyl (C=O) groups excluding carboxylic acids is 1. The minimum Gasteiger partial charge on any atom is -0.487 e. The predicted molar refractivity (Wildman–Crippen MR) is 109 cm³/mol. The molecule has 0 bridgehead atoms. The number of nitrogens with one attached hydrogen (secondary N) is 1. The van der Waals surface area contributed by atoms with Crippen LogP contribution in [0.2, 0.25) is 0 Å². The zero-order valence-corrected chi connectivity index (χ0v) is 16.5. The summed E-state index contributed by atoms with van der Waals surface area (Å²) in [5.74, 6) is 0.505. The molecule has 0 aliphatic rings. The van der Waals surface area contributed by atoms with E-state index in [0.29, 0.717) is 12.4 Å². The lowest BCUT2D eigenvalue weighted by Crippen LogP contribution is -2.08. The highest BCUT2D eigenvalue weighted by molar-refractivity contribution is 9.10. The Bertz CT molecular complexity index is 937. The van der Waals surface area contributed by atoms with Crippen LogP contribution in [-0.2, 0) is 11.4 Å². The highest BCUT2D eigenvalue weighted by atomic mass is 79.9. The first-order chi connectivity index (χ1) is 12.6. The maximum absolute atomic E-state index is 12.2. The van der Waals surface area contributed by atoms with Crippen molar-refractivity contribution in [3.05, 3.63) is 80.7 Å². The topological polar surface area (TPSA) is 51.2 Å². The molecule has 3 aromatic rings. The first-order valence-electron chi connectivity index (χ1n) is 7.98. The SMILES string of the molecule is Cc1nc(COc2ccccc2C=CC(=O)Nc2ccccc2Br)cs1. The van der Waals surface area contributed by atoms with Crippen molar-refractivity contribution in [2.24, 2.45) is 0 Å². The summed E-state index contributed by atoms with van der Waals surface area (Å²) in [4.78, 5) is 16.6. The Morgan fingerprint density at radius 2 is 2.00 bits per heavy atom. The molecule has 0 saturated heterocycles. The number of aryl methyl sites for hydroxylation is 1. The highest BCUT2D eigenvalue weighted by Crippen LogP contribution is 2.23. The molecule has 1 amide bonds. The second-order valence-electron chi connectivity index (χ2n) is 5.49. The molecule has 3 rings (SSSR count). The van der Waals surface area contributed by atoms with Crippen LogP contribution in [0.3, 0.4) is 0 Å². The van der Waals surface area contributed by atoms with Gasteiger partial charge in [0.25, 0.3) is 0 Å². The monoisotopic (exact) mass is 428 g/mol. The summed E-state index contributed by atoms with van der Waals surface area (Å²) in [5, 5.41) is 5.84. The van der Waals surface area contributed by atoms with Crippen LogP contribution >= 0.6 is 27.3 Å². The Labute approximate surface area is 164 Å². The number of ether oxygens (including phenoxy) is 1. The molecule has 0 unspecified atom stereocenters. The van der Waals surface area contributed by atoms with E-state index in [1.807, 2.05) is 60.8 Å². The average Bonchev–Trinajstić information content (AvgIpc) is 3.06. The van der Waals surface area contributed by atoms with Gasteiger partial charge in [0.15, 0.2) is 0 Å². The highest BCUT2D eigenvalue weighted by Gasteiger charge is 2.05. The summed E-state index contributed by atoms with van der Waals surface area (Å²) in [6, 6.07) is 15.1. The van der Waals surface area contributed by atoms with Gasteiger partial charge in [-0.2, -0.15) is 0 Å². The van der Waals surface area contributed by atoms with Crippen molar-refractivity contribution in [1.82, 2.24) is 4.98 Å². The average molecular weight is 429 g/mol. The molecule has 0 aliphatic heterocycles. The van der Waals surface area contributed by atoms with Crippen LogP contribution in [0.5, 0.6) is 5.75 Å². The molecular formula is C20H17BrN2O2S. The molecule has 6 heteroatoms. The van der Waals surface area contributed by atoms with Crippen LogP contribution in [0.4, 0.5) is 5.69 Å². The number of carbonyl (C=O) groups is 1. The van der Waals surface area contributed by atoms with E-state index in [1.165, 1.54) is 6.08 Å². The van der Waals surface area contributed by atoms with Gasteiger partial charge in [-0.3, -0.25) is 4.79 Å². The molecule has 0 fully saturated rings. The van der Waals surface area contributed by atoms with Crippen LogP contribution in [0.15, 0.2) is 64.5 Å². The summed E-state index contributed by atoms with van der Waals surface area (Å²) in [6.07, 6.45) is 3.24. The van der Waals surface area contributed by atoms with Crippen molar-refractivity contribution in [2.75, 3.05) is 5.32 Å². The molecule has 26 heavy (non-hydrogen) atoms. The molecule has 0 atom stereocenters. The molecule has 2 aromatic carbocycles. The quantitative estimate of drug-likeness (QED) is 0.531. The van der Waals surface area contributed by atoms with Crippen LogP contribution in [0.25, 0.3) is 6.08 Å². The number of halogens is 1. The zero-order valence-electron chi connectivity index (χ0n) is 14.1. The Morgan fingerprint density at radius 3 is 2.77 bits per heavy atom. The number of anilines is 1. The summed E-state index contributed by atoms with van der Waals surface area (Å²) in [7, 11) is 0. The molecule has 0 saturated carbocycles. The Kier molecular flexibility index (Phi) is 6.20. The standard InChI is InChI=1S/C20H17BrN2O2S/c1-14-22-16(13-26-14)12-25-19-9-5-2-6-15(19)10-11-20(24)23-18-8-4-3-7-17(18)21/h2-11,13H,12H2,1H3,(H,23,24). The number of hydrogen-bond donors (Lipinski definition) is 1. The lowest BCUT2D eigenvalue weighted by Gasteiger charge is -2.08. The number of rotatable bonds is 6. The number of amides is 1. The van der Waals surface area contributed by atoms with E-state index in [1.54, 1.807) is 17.4 Å². The van der Waals surface area contributed by atoms with Gasteiger partial charge in [-0.1, -0.05) is 30.3 Å². The van der Waals surface area contributed by atoms with Crippen LogP contribution in [0.1, 0.15) is 16.3 Å². The molecule has 0 spiro atoms. The van der Waals surface area contributed by atoms with Gasteiger partial charge >= 0.3 is 0 Å². The van der Waals surface area contributed by atoms with Gasteiger partial charge in [0.05, 0.1) is 16.4 Å². The van der Waals surface area contributed by atoms with Gasteiger partial charge in [0.1, 0.15) is 12.4 Å². The first kappa shape index (κ1) is 18.4. The minimum atomic E-state index is -0.207. The number of para-hydroxylation sites is 2. The summed E-state index contributed by atoms with van der Waals surface area (Å²) in [5.41, 5.74) is 2.46. The summed E-state index contributed by atoms with van der Waals surface area (Å²) < 4.78 is 6.70. The molecule has 0 radical (unpaired) electrons. The Balaban J connectivity index is 1.66. The largest absolute Gasteiger partial charge is 0.487 e. The maximum Gasteiger partial charge on any atom is 0.248 e. The van der Waals surface area contributed by atoms with E-state index in [-0.39, 0.29) is 5.91 Å². The maximum atomic E-state index is 12.2. The van der Waals surface area contributed by atoms with Crippen LogP contribution < -0.4 is 10.1 Å². The van der Waals surface area contributed by atoms with Crippen molar-refractivity contribution in [1.29, 1.82) is 0 Å². The van der Waals surface area contributed by atoms with E-state index in [0.717, 1.165) is 26.4 Å². The van der Waals surface area contributed by atoms with Gasteiger partial charge in [-0.25, -0.2) is 4.98 Å². The predicted octanol–water partition coefficient (Wildman–Crippen LogP) is 5.44. The number of aromatic nitrogens is 1. The molecule has 1 N–H and O–H groups in total. The lowest BCUT2D eigenvalue weighted by atomic mass is 10.2. The van der Waals surface area contributed by atoms with E-state index in [4.69, 9.17) is 4.74 Å². The second-order valence-corrected chi connectivity index (χ2v) is 7.40. The number of nitrogens with zero attached hydrogens (tertiary/aromatic N) is 1. The Hall–Kier alpha value is -2.44. The first-order valence-corrected chi connectivity index (χ1v) is 9.65. The molecule has 1 heterocycles. The van der Waals surface area contributed by atoms with Crippen molar-refractivity contribution in [2.45, 2.75) is 13.5 Å². The zero-order chi connectivity index (χ0) is 18.4. The smallest absolute Gasteiger partial charge is 0.248 e. The van der Waals surface area contributed by atoms with Crippen molar-refractivity contribution in [3.8, 4) is 5.75 Å². The molecule has 4 nitrogen and oxygen atoms in total. The fourth-order valence-corrected chi connectivity index (χ4v) is 3.26. The number of benzene rings is 2. The van der Waals surface area contributed by atoms with E-state index in [9.17, 15) is 4.79 Å². The van der Waals surface area contributed by atoms with Crippen LogP contribution in [-0.4, -0.2) is 10.9 Å². The number of thiazole rings is 1. The van der Waals surface area contributed by atoms with Gasteiger partial charge in [0, 0.05) is 21.5 Å². The normalized spacial score (nSPS) is 10.8. The molecule has 1 aromatic heterocycles. The van der Waals surface area contributed by atoms with E-state index in [2.05, 4.69) is 26.2 Å². The Morgan fingerprint density at radius 1 is 1.23 bits per heavy atom. The second kappa shape index (κ2) is 8.78. The van der Waals surface area contributed by atoms with E-state index >= 15 is 0 Å². The lowest BCUT2D eigenvalue weighted by molar-refractivity contribution is -0.111. The fraction of sp³-hybridized carbons (Fsp3) is 0.100. The third-order valence-corrected chi connectivity index (χ3v) is 5.02. The third-order valence-electron chi connectivity index (χ3n) is 3.51. The van der Waals surface area contributed by atoms with Crippen molar-refractivity contribution >= 4 is 44.9 Å². The van der Waals surface area contributed by atoms with Gasteiger partial charge in [-0.05, 0) is 47.1 Å². The number of hydrogen-bond acceptors (Lipinski definition) is 4. The van der Waals surface area contributed by atoms with Gasteiger partial charge < -0.3 is 10.1 Å². The summed E-state index contributed by atoms with van der Waals surface area (Å²) in [6.45, 7) is 2.37. The summed E-state index contributed by atoms with van der Waals surface area (Å²) >= 11 is 5.01. The van der Waals surface area contributed by atoms with Gasteiger partial charge in [0.2, 0.25) is 5.91 Å².